The molecule has 0 aliphatic carbocycles. The first-order valence-electron chi connectivity index (χ1n) is 5.58. The van der Waals surface area contributed by atoms with Gasteiger partial charge in [-0.25, -0.2) is 0 Å². The first-order chi connectivity index (χ1) is 7.02. The molecule has 0 fully saturated rings. The zero-order valence-corrected chi connectivity index (χ0v) is 10.2. The van der Waals surface area contributed by atoms with Crippen LogP contribution in [0.5, 0.6) is 0 Å². The lowest BCUT2D eigenvalue weighted by Crippen LogP contribution is -2.43. The minimum atomic E-state index is -0.0325. The third kappa shape index (κ3) is 5.74. The fourth-order valence-electron chi connectivity index (χ4n) is 1.44. The first-order valence-corrected chi connectivity index (χ1v) is 5.58. The number of carbonyl (C=O) groups excluding carboxylic acids is 1. The van der Waals surface area contributed by atoms with Crippen molar-refractivity contribution in [1.29, 1.82) is 0 Å². The number of nitrogens with one attached hydrogen (secondary N) is 2. The molecule has 0 saturated carbocycles. The Labute approximate surface area is 92.4 Å². The number of amides is 1. The van der Waals surface area contributed by atoms with E-state index in [0.29, 0.717) is 18.9 Å². The second-order valence-electron chi connectivity index (χ2n) is 4.33. The lowest BCUT2D eigenvalue weighted by atomic mass is 10.00. The van der Waals surface area contributed by atoms with Crippen LogP contribution in [0.4, 0.5) is 0 Å². The van der Waals surface area contributed by atoms with Gasteiger partial charge in [-0.3, -0.25) is 4.79 Å². The maximum atomic E-state index is 11.7. The number of aliphatic hydroxyl groups excluding tert-OH is 1. The second-order valence-corrected chi connectivity index (χ2v) is 4.33. The predicted molar refractivity (Wildman–Crippen MR) is 61.6 cm³/mol. The molecule has 4 heteroatoms. The Bertz CT molecular complexity index is 183. The summed E-state index contributed by atoms with van der Waals surface area (Å²) in [7, 11) is 1.83. The number of hydrogen-bond donors (Lipinski definition) is 3. The van der Waals surface area contributed by atoms with Gasteiger partial charge in [-0.2, -0.15) is 0 Å². The molecule has 0 saturated heterocycles. The Morgan fingerprint density at radius 2 is 1.93 bits per heavy atom. The van der Waals surface area contributed by atoms with Gasteiger partial charge < -0.3 is 15.7 Å². The van der Waals surface area contributed by atoms with Crippen molar-refractivity contribution in [1.82, 2.24) is 10.6 Å². The summed E-state index contributed by atoms with van der Waals surface area (Å²) in [5, 5.41) is 14.8. The maximum absolute atomic E-state index is 11.7. The van der Waals surface area contributed by atoms with Crippen molar-refractivity contribution < 1.29 is 9.90 Å². The molecule has 1 amide bonds. The predicted octanol–water partition coefficient (Wildman–Crippen LogP) is 0.365. The van der Waals surface area contributed by atoms with Gasteiger partial charge in [0.1, 0.15) is 0 Å². The van der Waals surface area contributed by atoms with Gasteiger partial charge in [-0.05, 0) is 19.4 Å². The zero-order chi connectivity index (χ0) is 11.8. The molecule has 0 radical (unpaired) electrons. The molecule has 4 nitrogen and oxygen atoms in total. The van der Waals surface area contributed by atoms with E-state index in [0.717, 1.165) is 0 Å². The lowest BCUT2D eigenvalue weighted by molar-refractivity contribution is -0.125. The van der Waals surface area contributed by atoms with Gasteiger partial charge in [0.05, 0.1) is 0 Å². The molecule has 0 heterocycles. The average molecular weight is 216 g/mol. The van der Waals surface area contributed by atoms with Gasteiger partial charge >= 0.3 is 0 Å². The van der Waals surface area contributed by atoms with E-state index in [1.807, 2.05) is 27.8 Å². The monoisotopic (exact) mass is 216 g/mol. The van der Waals surface area contributed by atoms with Gasteiger partial charge in [0.15, 0.2) is 0 Å². The van der Waals surface area contributed by atoms with Crippen LogP contribution in [0.25, 0.3) is 0 Å². The van der Waals surface area contributed by atoms with Crippen molar-refractivity contribution in [2.45, 2.75) is 33.2 Å². The molecule has 0 aromatic rings. The summed E-state index contributed by atoms with van der Waals surface area (Å²) in [6.45, 7) is 6.77. The largest absolute Gasteiger partial charge is 0.396 e. The van der Waals surface area contributed by atoms with Crippen LogP contribution in [0.1, 0.15) is 27.2 Å². The SMILES string of the molecule is CNCC(C)C(=O)NC(CCO)C(C)C. The van der Waals surface area contributed by atoms with Crippen LogP contribution >= 0.6 is 0 Å². The molecule has 0 aliphatic heterocycles. The van der Waals surface area contributed by atoms with Gasteiger partial charge in [0, 0.05) is 25.1 Å². The fourth-order valence-corrected chi connectivity index (χ4v) is 1.44. The van der Waals surface area contributed by atoms with E-state index in [2.05, 4.69) is 10.6 Å². The van der Waals surface area contributed by atoms with E-state index < -0.39 is 0 Å². The van der Waals surface area contributed by atoms with Gasteiger partial charge in [-0.15, -0.1) is 0 Å². The van der Waals surface area contributed by atoms with Crippen LogP contribution < -0.4 is 10.6 Å². The summed E-state index contributed by atoms with van der Waals surface area (Å²) in [6.07, 6.45) is 0.621. The molecule has 0 aromatic heterocycles. The highest BCUT2D eigenvalue weighted by Crippen LogP contribution is 2.06. The molecule has 2 atom stereocenters. The van der Waals surface area contributed by atoms with E-state index in [1.165, 1.54) is 0 Å². The van der Waals surface area contributed by atoms with Crippen LogP contribution in [0.2, 0.25) is 0 Å². The maximum Gasteiger partial charge on any atom is 0.224 e. The number of carbonyl (C=O) groups is 1. The highest BCUT2D eigenvalue weighted by Gasteiger charge is 2.18. The highest BCUT2D eigenvalue weighted by atomic mass is 16.3. The Morgan fingerprint density at radius 1 is 1.33 bits per heavy atom. The topological polar surface area (TPSA) is 61.4 Å². The zero-order valence-electron chi connectivity index (χ0n) is 10.2. The van der Waals surface area contributed by atoms with Crippen molar-refractivity contribution in [2.24, 2.45) is 11.8 Å². The Balaban J connectivity index is 4.09. The first kappa shape index (κ1) is 14.4. The normalized spacial score (nSPS) is 15.1. The summed E-state index contributed by atoms with van der Waals surface area (Å²) in [5.74, 6) is 0.370. The molecular formula is C11H24N2O2. The molecule has 90 valence electrons. The molecular weight excluding hydrogens is 192 g/mol. The molecule has 0 rings (SSSR count). The average Bonchev–Trinajstić information content (AvgIpc) is 2.17. The van der Waals surface area contributed by atoms with Crippen molar-refractivity contribution in [2.75, 3.05) is 20.2 Å². The van der Waals surface area contributed by atoms with E-state index in [4.69, 9.17) is 5.11 Å². The van der Waals surface area contributed by atoms with E-state index in [9.17, 15) is 4.79 Å². The minimum absolute atomic E-state index is 0.0325. The van der Waals surface area contributed by atoms with Crippen LogP contribution in [0, 0.1) is 11.8 Å². The lowest BCUT2D eigenvalue weighted by Gasteiger charge is -2.23. The van der Waals surface area contributed by atoms with Crippen LogP contribution in [0.3, 0.4) is 0 Å². The van der Waals surface area contributed by atoms with Gasteiger partial charge in [0.25, 0.3) is 0 Å². The van der Waals surface area contributed by atoms with Crippen LogP contribution in [-0.2, 0) is 4.79 Å². The van der Waals surface area contributed by atoms with E-state index in [-0.39, 0.29) is 24.5 Å². The van der Waals surface area contributed by atoms with Crippen molar-refractivity contribution in [3.63, 3.8) is 0 Å². The van der Waals surface area contributed by atoms with Gasteiger partial charge in [0.2, 0.25) is 5.91 Å². The molecule has 15 heavy (non-hydrogen) atoms. The quantitative estimate of drug-likeness (QED) is 0.576. The fraction of sp³-hybridized carbons (Fsp3) is 0.909. The molecule has 0 bridgehead atoms. The minimum Gasteiger partial charge on any atom is -0.396 e. The highest BCUT2D eigenvalue weighted by molar-refractivity contribution is 5.78. The third-order valence-electron chi connectivity index (χ3n) is 2.53. The summed E-state index contributed by atoms with van der Waals surface area (Å²) >= 11 is 0. The second kappa shape index (κ2) is 7.65. The standard InChI is InChI=1S/C11H24N2O2/c1-8(2)10(5-6-14)13-11(15)9(3)7-12-4/h8-10,12,14H,5-7H2,1-4H3,(H,13,15). The molecule has 2 unspecified atom stereocenters. The Kier molecular flexibility index (Phi) is 7.34. The molecule has 0 spiro atoms. The number of hydrogen-bond acceptors (Lipinski definition) is 3. The molecule has 0 aliphatic rings. The summed E-state index contributed by atoms with van der Waals surface area (Å²) < 4.78 is 0. The van der Waals surface area contributed by atoms with Crippen molar-refractivity contribution >= 4 is 5.91 Å². The Hall–Kier alpha value is -0.610. The molecule has 3 N–H and O–H groups in total. The van der Waals surface area contributed by atoms with E-state index >= 15 is 0 Å². The summed E-state index contributed by atoms with van der Waals surface area (Å²) in [5.41, 5.74) is 0. The van der Waals surface area contributed by atoms with Crippen LogP contribution in [0.15, 0.2) is 0 Å². The number of aliphatic hydroxyl groups is 1. The molecule has 0 aromatic carbocycles. The summed E-state index contributed by atoms with van der Waals surface area (Å²) in [4.78, 5) is 11.7. The smallest absolute Gasteiger partial charge is 0.224 e. The van der Waals surface area contributed by atoms with Crippen molar-refractivity contribution in [3.8, 4) is 0 Å². The number of rotatable bonds is 7. The Morgan fingerprint density at radius 3 is 2.33 bits per heavy atom. The van der Waals surface area contributed by atoms with Crippen LogP contribution in [-0.4, -0.2) is 37.3 Å². The van der Waals surface area contributed by atoms with E-state index in [1.54, 1.807) is 0 Å². The third-order valence-corrected chi connectivity index (χ3v) is 2.53. The van der Waals surface area contributed by atoms with Crippen molar-refractivity contribution in [3.05, 3.63) is 0 Å². The summed E-state index contributed by atoms with van der Waals surface area (Å²) in [6, 6.07) is 0.0711. The van der Waals surface area contributed by atoms with Gasteiger partial charge in [-0.1, -0.05) is 20.8 Å².